The maximum Gasteiger partial charge on any atom is 0.317 e. The highest BCUT2D eigenvalue weighted by atomic mass is 19.1. The molecule has 0 spiro atoms. The van der Waals surface area contributed by atoms with E-state index < -0.39 is 0 Å². The van der Waals surface area contributed by atoms with Crippen molar-refractivity contribution in [3.8, 4) is 0 Å². The number of anilines is 1. The van der Waals surface area contributed by atoms with E-state index in [1.165, 1.54) is 12.1 Å². The van der Waals surface area contributed by atoms with Crippen LogP contribution < -0.4 is 10.2 Å². The summed E-state index contributed by atoms with van der Waals surface area (Å²) >= 11 is 0. The number of nitrogens with zero attached hydrogens (tertiary/aromatic N) is 3. The Kier molecular flexibility index (Phi) is 5.70. The molecule has 1 aromatic rings. The van der Waals surface area contributed by atoms with Crippen molar-refractivity contribution in [1.29, 1.82) is 0 Å². The molecule has 0 unspecified atom stereocenters. The van der Waals surface area contributed by atoms with Crippen LogP contribution in [0.15, 0.2) is 24.3 Å². The Bertz CT molecular complexity index is 596. The number of rotatable bonds is 3. The smallest absolute Gasteiger partial charge is 0.317 e. The number of morpholine rings is 1. The van der Waals surface area contributed by atoms with Gasteiger partial charge >= 0.3 is 6.03 Å². The van der Waals surface area contributed by atoms with Crippen molar-refractivity contribution in [1.82, 2.24) is 15.1 Å². The lowest BCUT2D eigenvalue weighted by Gasteiger charge is -2.36. The van der Waals surface area contributed by atoms with Gasteiger partial charge in [-0.2, -0.15) is 0 Å². The second-order valence-electron chi connectivity index (χ2n) is 6.10. The molecule has 2 aliphatic rings. The number of hydrogen-bond donors (Lipinski definition) is 1. The molecule has 2 aliphatic heterocycles. The van der Waals surface area contributed by atoms with Crippen molar-refractivity contribution in [3.63, 3.8) is 0 Å². The average molecular weight is 350 g/mol. The van der Waals surface area contributed by atoms with Gasteiger partial charge < -0.3 is 24.8 Å². The largest absolute Gasteiger partial charge is 0.378 e. The summed E-state index contributed by atoms with van der Waals surface area (Å²) in [6, 6.07) is 6.15. The van der Waals surface area contributed by atoms with Crippen LogP contribution in [-0.2, 0) is 9.53 Å². The number of carbonyl (C=O) groups excluding carboxylic acids is 2. The summed E-state index contributed by atoms with van der Waals surface area (Å²) in [6.07, 6.45) is 0. The maximum absolute atomic E-state index is 13.0. The molecule has 1 N–H and O–H groups in total. The molecule has 2 heterocycles. The predicted molar refractivity (Wildman–Crippen MR) is 91.0 cm³/mol. The van der Waals surface area contributed by atoms with Crippen molar-refractivity contribution in [2.24, 2.45) is 0 Å². The first-order valence-electron chi connectivity index (χ1n) is 8.52. The molecule has 0 saturated carbocycles. The fraction of sp³-hybridized carbons (Fsp3) is 0.529. The quantitative estimate of drug-likeness (QED) is 0.863. The Balaban J connectivity index is 1.42. The van der Waals surface area contributed by atoms with Crippen molar-refractivity contribution < 1.29 is 18.7 Å². The standard InChI is InChI=1S/C17H23FN4O3/c18-14-1-3-15(4-2-14)20-5-7-21(8-6-20)16(23)13-19-17(24)22-9-11-25-12-10-22/h1-4H,5-13H2,(H,19,24). The third kappa shape index (κ3) is 4.60. The van der Waals surface area contributed by atoms with Gasteiger partial charge in [0.15, 0.2) is 0 Å². The molecule has 2 saturated heterocycles. The van der Waals surface area contributed by atoms with Crippen LogP contribution in [0.5, 0.6) is 0 Å². The molecule has 7 nitrogen and oxygen atoms in total. The normalized spacial score (nSPS) is 18.2. The van der Waals surface area contributed by atoms with Gasteiger partial charge in [0.2, 0.25) is 5.91 Å². The number of nitrogens with one attached hydrogen (secondary N) is 1. The molecule has 0 radical (unpaired) electrons. The zero-order valence-electron chi connectivity index (χ0n) is 14.1. The second kappa shape index (κ2) is 8.15. The fourth-order valence-corrected chi connectivity index (χ4v) is 3.01. The number of hydrogen-bond acceptors (Lipinski definition) is 4. The minimum atomic E-state index is -0.256. The Morgan fingerprint density at radius 2 is 1.60 bits per heavy atom. The molecule has 8 heteroatoms. The van der Waals surface area contributed by atoms with Gasteiger partial charge in [-0.15, -0.1) is 0 Å². The van der Waals surface area contributed by atoms with Gasteiger partial charge in [0.05, 0.1) is 19.8 Å². The van der Waals surface area contributed by atoms with Gasteiger partial charge in [-0.25, -0.2) is 9.18 Å². The van der Waals surface area contributed by atoms with E-state index in [4.69, 9.17) is 4.74 Å². The van der Waals surface area contributed by atoms with Gasteiger partial charge in [0, 0.05) is 45.0 Å². The zero-order valence-corrected chi connectivity index (χ0v) is 14.1. The number of carbonyl (C=O) groups is 2. The molecule has 0 atom stereocenters. The van der Waals surface area contributed by atoms with Gasteiger partial charge in [-0.05, 0) is 24.3 Å². The summed E-state index contributed by atoms with van der Waals surface area (Å²) in [6.45, 7) is 4.73. The molecule has 1 aromatic carbocycles. The molecule has 136 valence electrons. The van der Waals surface area contributed by atoms with Crippen LogP contribution in [0.2, 0.25) is 0 Å². The van der Waals surface area contributed by atoms with Gasteiger partial charge in [-0.1, -0.05) is 0 Å². The van der Waals surface area contributed by atoms with Crippen LogP contribution in [0, 0.1) is 5.82 Å². The maximum atomic E-state index is 13.0. The van der Waals surface area contributed by atoms with Crippen molar-refractivity contribution in [2.75, 3.05) is 63.9 Å². The SMILES string of the molecule is O=C(CNC(=O)N1CCOCC1)N1CCN(c2ccc(F)cc2)CC1. The van der Waals surface area contributed by atoms with Crippen molar-refractivity contribution >= 4 is 17.6 Å². The Morgan fingerprint density at radius 1 is 0.960 bits per heavy atom. The van der Waals surface area contributed by atoms with E-state index in [9.17, 15) is 14.0 Å². The highest BCUT2D eigenvalue weighted by Gasteiger charge is 2.23. The van der Waals surface area contributed by atoms with E-state index >= 15 is 0 Å². The summed E-state index contributed by atoms with van der Waals surface area (Å²) in [5.74, 6) is -0.339. The number of piperazine rings is 1. The first-order chi connectivity index (χ1) is 12.1. The average Bonchev–Trinajstić information content (AvgIpc) is 2.67. The van der Waals surface area contributed by atoms with Crippen LogP contribution in [0.4, 0.5) is 14.9 Å². The molecular weight excluding hydrogens is 327 g/mol. The van der Waals surface area contributed by atoms with Crippen molar-refractivity contribution in [3.05, 3.63) is 30.1 Å². The number of benzene rings is 1. The molecular formula is C17H23FN4O3. The molecule has 3 rings (SSSR count). The van der Waals surface area contributed by atoms with E-state index in [2.05, 4.69) is 10.2 Å². The Morgan fingerprint density at radius 3 is 2.24 bits per heavy atom. The predicted octanol–water partition coefficient (Wildman–Crippen LogP) is 0.516. The molecule has 0 aliphatic carbocycles. The van der Waals surface area contributed by atoms with E-state index in [0.29, 0.717) is 52.5 Å². The van der Waals surface area contributed by atoms with Gasteiger partial charge in [-0.3, -0.25) is 4.79 Å². The third-order valence-corrected chi connectivity index (χ3v) is 4.51. The summed E-state index contributed by atoms with van der Waals surface area (Å²) in [5, 5.41) is 2.68. The highest BCUT2D eigenvalue weighted by molar-refractivity contribution is 5.84. The number of ether oxygens (including phenoxy) is 1. The van der Waals surface area contributed by atoms with Crippen LogP contribution in [0.3, 0.4) is 0 Å². The molecule has 0 aromatic heterocycles. The minimum Gasteiger partial charge on any atom is -0.378 e. The molecule has 25 heavy (non-hydrogen) atoms. The summed E-state index contributed by atoms with van der Waals surface area (Å²) in [4.78, 5) is 29.8. The lowest BCUT2D eigenvalue weighted by atomic mass is 10.2. The summed E-state index contributed by atoms with van der Waals surface area (Å²) < 4.78 is 18.2. The summed E-state index contributed by atoms with van der Waals surface area (Å²) in [5.41, 5.74) is 0.953. The first-order valence-corrected chi connectivity index (χ1v) is 8.52. The monoisotopic (exact) mass is 350 g/mol. The van der Waals surface area contributed by atoms with Crippen LogP contribution >= 0.6 is 0 Å². The molecule has 0 bridgehead atoms. The van der Waals surface area contributed by atoms with E-state index in [1.54, 1.807) is 21.9 Å². The topological polar surface area (TPSA) is 65.1 Å². The third-order valence-electron chi connectivity index (χ3n) is 4.51. The van der Waals surface area contributed by atoms with E-state index in [-0.39, 0.29) is 24.3 Å². The van der Waals surface area contributed by atoms with Gasteiger partial charge in [0.25, 0.3) is 0 Å². The minimum absolute atomic E-state index is 0.00669. The molecule has 2 fully saturated rings. The van der Waals surface area contributed by atoms with Gasteiger partial charge in [0.1, 0.15) is 5.82 Å². The number of halogens is 1. The zero-order chi connectivity index (χ0) is 17.6. The Hall–Kier alpha value is -2.35. The highest BCUT2D eigenvalue weighted by Crippen LogP contribution is 2.16. The van der Waals surface area contributed by atoms with Crippen molar-refractivity contribution in [2.45, 2.75) is 0 Å². The number of urea groups is 1. The van der Waals surface area contributed by atoms with Crippen LogP contribution in [0.1, 0.15) is 0 Å². The molecule has 3 amide bonds. The van der Waals surface area contributed by atoms with Crippen LogP contribution in [-0.4, -0.2) is 80.8 Å². The Labute approximate surface area is 146 Å². The fourth-order valence-electron chi connectivity index (χ4n) is 3.01. The second-order valence-corrected chi connectivity index (χ2v) is 6.10. The van der Waals surface area contributed by atoms with Crippen LogP contribution in [0.25, 0.3) is 0 Å². The first kappa shape index (κ1) is 17.5. The van der Waals surface area contributed by atoms with E-state index in [1.807, 2.05) is 0 Å². The summed E-state index contributed by atoms with van der Waals surface area (Å²) in [7, 11) is 0. The van der Waals surface area contributed by atoms with E-state index in [0.717, 1.165) is 5.69 Å². The number of amides is 3. The lowest BCUT2D eigenvalue weighted by molar-refractivity contribution is -0.130. The lowest BCUT2D eigenvalue weighted by Crippen LogP contribution is -2.53.